The van der Waals surface area contributed by atoms with Crippen molar-refractivity contribution in [2.75, 3.05) is 13.1 Å². The lowest BCUT2D eigenvalue weighted by atomic mass is 9.97. The highest BCUT2D eigenvalue weighted by molar-refractivity contribution is 5.92. The summed E-state index contributed by atoms with van der Waals surface area (Å²) < 4.78 is 5.28. The first kappa shape index (κ1) is 15.5. The molecule has 0 spiro atoms. The average Bonchev–Trinajstić information content (AvgIpc) is 3.24. The zero-order valence-corrected chi connectivity index (χ0v) is 13.8. The van der Waals surface area contributed by atoms with Gasteiger partial charge in [-0.3, -0.25) is 4.79 Å². The second kappa shape index (κ2) is 6.41. The van der Waals surface area contributed by atoms with Crippen LogP contribution in [-0.2, 0) is 0 Å². The molecule has 1 amide bonds. The highest BCUT2D eigenvalue weighted by Crippen LogP contribution is 2.40. The van der Waals surface area contributed by atoms with Crippen LogP contribution in [0, 0.1) is 5.92 Å². The Kier molecular flexibility index (Phi) is 4.52. The molecule has 0 unspecified atom stereocenters. The molecule has 1 aromatic rings. The summed E-state index contributed by atoms with van der Waals surface area (Å²) in [5, 5.41) is 7.11. The van der Waals surface area contributed by atoms with Gasteiger partial charge in [-0.25, -0.2) is 0 Å². The van der Waals surface area contributed by atoms with Crippen molar-refractivity contribution in [2.45, 2.75) is 64.5 Å². The molecule has 1 aliphatic heterocycles. The van der Waals surface area contributed by atoms with Crippen LogP contribution in [0.5, 0.6) is 0 Å². The number of carbonyl (C=O) groups excluding carboxylic acids is 1. The van der Waals surface area contributed by atoms with Gasteiger partial charge in [0.05, 0.1) is 0 Å². The Bertz CT molecular complexity index is 522. The lowest BCUT2D eigenvalue weighted by molar-refractivity contribution is 0.0913. The third-order valence-corrected chi connectivity index (χ3v) is 5.07. The first-order chi connectivity index (χ1) is 10.5. The van der Waals surface area contributed by atoms with Crippen molar-refractivity contribution in [3.8, 4) is 0 Å². The van der Waals surface area contributed by atoms with Crippen LogP contribution in [0.4, 0.5) is 0 Å². The molecule has 0 radical (unpaired) electrons. The first-order valence-electron chi connectivity index (χ1n) is 8.56. The van der Waals surface area contributed by atoms with Gasteiger partial charge in [-0.2, -0.15) is 0 Å². The Morgan fingerprint density at radius 3 is 2.73 bits per heavy atom. The molecule has 2 aliphatic rings. The Morgan fingerprint density at radius 1 is 1.32 bits per heavy atom. The van der Waals surface area contributed by atoms with E-state index in [1.165, 1.54) is 0 Å². The van der Waals surface area contributed by atoms with E-state index in [0.717, 1.165) is 44.5 Å². The number of nitrogens with one attached hydrogen (secondary N) is 1. The molecule has 2 atom stereocenters. The number of rotatable bonds is 4. The third-order valence-electron chi connectivity index (χ3n) is 5.07. The van der Waals surface area contributed by atoms with Crippen LogP contribution >= 0.6 is 0 Å². The molecule has 0 bridgehead atoms. The van der Waals surface area contributed by atoms with E-state index in [1.54, 1.807) is 0 Å². The molecule has 3 rings (SSSR count). The number of hydrogen-bond acceptors (Lipinski definition) is 4. The average molecular weight is 305 g/mol. The predicted octanol–water partition coefficient (Wildman–Crippen LogP) is 2.79. The fourth-order valence-corrected chi connectivity index (χ4v) is 3.20. The number of carbonyl (C=O) groups is 1. The van der Waals surface area contributed by atoms with Crippen LogP contribution in [0.2, 0.25) is 0 Å². The molecule has 1 saturated heterocycles. The molecule has 5 heteroatoms. The number of hydrogen-bond donors (Lipinski definition) is 1. The molecular weight excluding hydrogens is 278 g/mol. The summed E-state index contributed by atoms with van der Waals surface area (Å²) in [5.41, 5.74) is 0.430. The zero-order chi connectivity index (χ0) is 15.7. The summed E-state index contributed by atoms with van der Waals surface area (Å²) in [6.07, 6.45) is 4.43. The van der Waals surface area contributed by atoms with Crippen molar-refractivity contribution in [2.24, 2.45) is 5.92 Å². The minimum atomic E-state index is -0.0921. The van der Waals surface area contributed by atoms with Gasteiger partial charge in [0.25, 0.3) is 5.91 Å². The minimum Gasteiger partial charge on any atom is -0.360 e. The fraction of sp³-hybridized carbons (Fsp3) is 0.765. The standard InChI is InChI=1S/C17H27N3O2/c1-11(2)20-8-6-12(3)14(7-9-20)18-17(21)15-10-16(22-19-15)13-4-5-13/h10-14H,4-9H2,1-3H3,(H,18,21)/t12-,14+/m1/s1. The maximum absolute atomic E-state index is 12.4. The molecular formula is C17H27N3O2. The maximum Gasteiger partial charge on any atom is 0.273 e. The summed E-state index contributed by atoms with van der Waals surface area (Å²) in [6.45, 7) is 8.85. The molecule has 1 aliphatic carbocycles. The van der Waals surface area contributed by atoms with E-state index in [9.17, 15) is 4.79 Å². The second-order valence-electron chi connectivity index (χ2n) is 7.15. The molecule has 0 aromatic carbocycles. The lowest BCUT2D eigenvalue weighted by Crippen LogP contribution is -2.40. The van der Waals surface area contributed by atoms with Crippen molar-refractivity contribution in [1.29, 1.82) is 0 Å². The van der Waals surface area contributed by atoms with Gasteiger partial charge in [0, 0.05) is 30.6 Å². The molecule has 2 heterocycles. The molecule has 2 fully saturated rings. The van der Waals surface area contributed by atoms with E-state index in [1.807, 2.05) is 6.07 Å². The van der Waals surface area contributed by atoms with Gasteiger partial charge in [-0.15, -0.1) is 0 Å². The molecule has 22 heavy (non-hydrogen) atoms. The van der Waals surface area contributed by atoms with Crippen molar-refractivity contribution in [1.82, 2.24) is 15.4 Å². The van der Waals surface area contributed by atoms with Crippen molar-refractivity contribution in [3.05, 3.63) is 17.5 Å². The van der Waals surface area contributed by atoms with Crippen LogP contribution in [0.3, 0.4) is 0 Å². The van der Waals surface area contributed by atoms with Crippen molar-refractivity contribution >= 4 is 5.91 Å². The molecule has 1 saturated carbocycles. The van der Waals surface area contributed by atoms with Gasteiger partial charge in [0.1, 0.15) is 5.76 Å². The van der Waals surface area contributed by atoms with Gasteiger partial charge in [-0.05, 0) is 52.0 Å². The minimum absolute atomic E-state index is 0.0921. The van der Waals surface area contributed by atoms with Gasteiger partial charge >= 0.3 is 0 Å². The number of nitrogens with zero attached hydrogens (tertiary/aromatic N) is 2. The normalized spacial score (nSPS) is 26.9. The smallest absolute Gasteiger partial charge is 0.273 e. The summed E-state index contributed by atoms with van der Waals surface area (Å²) in [7, 11) is 0. The third kappa shape index (κ3) is 3.51. The van der Waals surface area contributed by atoms with E-state index in [2.05, 4.69) is 36.1 Å². The van der Waals surface area contributed by atoms with Crippen molar-refractivity contribution in [3.63, 3.8) is 0 Å². The van der Waals surface area contributed by atoms with E-state index in [4.69, 9.17) is 4.52 Å². The van der Waals surface area contributed by atoms with Crippen molar-refractivity contribution < 1.29 is 9.32 Å². The Balaban J connectivity index is 1.59. The van der Waals surface area contributed by atoms with Crippen LogP contribution in [0.15, 0.2) is 10.6 Å². The monoisotopic (exact) mass is 305 g/mol. The fourth-order valence-electron chi connectivity index (χ4n) is 3.20. The predicted molar refractivity (Wildman–Crippen MR) is 84.8 cm³/mol. The quantitative estimate of drug-likeness (QED) is 0.929. The van der Waals surface area contributed by atoms with Gasteiger partial charge in [0.2, 0.25) is 0 Å². The van der Waals surface area contributed by atoms with E-state index in [0.29, 0.717) is 23.6 Å². The number of amides is 1. The highest BCUT2D eigenvalue weighted by Gasteiger charge is 2.30. The van der Waals surface area contributed by atoms with Crippen LogP contribution < -0.4 is 5.32 Å². The Hall–Kier alpha value is -1.36. The van der Waals surface area contributed by atoms with E-state index in [-0.39, 0.29) is 11.9 Å². The molecule has 1 aromatic heterocycles. The molecule has 122 valence electrons. The number of aromatic nitrogens is 1. The summed E-state index contributed by atoms with van der Waals surface area (Å²) in [5.74, 6) is 1.75. The Labute approximate surface area is 132 Å². The topological polar surface area (TPSA) is 58.4 Å². The molecule has 1 N–H and O–H groups in total. The lowest BCUT2D eigenvalue weighted by Gasteiger charge is -2.24. The van der Waals surface area contributed by atoms with E-state index >= 15 is 0 Å². The van der Waals surface area contributed by atoms with Gasteiger partial charge in [0.15, 0.2) is 5.69 Å². The largest absolute Gasteiger partial charge is 0.360 e. The SMILES string of the molecule is CC(C)N1CC[C@@H](C)[C@@H](NC(=O)c2cc(C3CC3)on2)CC1. The summed E-state index contributed by atoms with van der Waals surface area (Å²) in [4.78, 5) is 14.9. The summed E-state index contributed by atoms with van der Waals surface area (Å²) in [6, 6.07) is 2.60. The van der Waals surface area contributed by atoms with Crippen LogP contribution in [-0.4, -0.2) is 41.1 Å². The maximum atomic E-state index is 12.4. The molecule has 5 nitrogen and oxygen atoms in total. The van der Waals surface area contributed by atoms with E-state index < -0.39 is 0 Å². The zero-order valence-electron chi connectivity index (χ0n) is 13.8. The Morgan fingerprint density at radius 2 is 2.05 bits per heavy atom. The van der Waals surface area contributed by atoms with Crippen LogP contribution in [0.1, 0.15) is 68.6 Å². The summed E-state index contributed by atoms with van der Waals surface area (Å²) >= 11 is 0. The number of likely N-dealkylation sites (tertiary alicyclic amines) is 1. The highest BCUT2D eigenvalue weighted by atomic mass is 16.5. The van der Waals surface area contributed by atoms with Gasteiger partial charge < -0.3 is 14.7 Å². The van der Waals surface area contributed by atoms with Gasteiger partial charge in [-0.1, -0.05) is 12.1 Å². The second-order valence-corrected chi connectivity index (χ2v) is 7.15. The van der Waals surface area contributed by atoms with Crippen LogP contribution in [0.25, 0.3) is 0 Å². The first-order valence-corrected chi connectivity index (χ1v) is 8.56.